The number of carbonyl (C=O) groups excluding carboxylic acids is 1. The van der Waals surface area contributed by atoms with Crippen LogP contribution < -0.4 is 10.6 Å². The van der Waals surface area contributed by atoms with Crippen LogP contribution in [0.3, 0.4) is 0 Å². The Balaban J connectivity index is 2.30. The zero-order valence-corrected chi connectivity index (χ0v) is 7.49. The van der Waals surface area contributed by atoms with Gasteiger partial charge in [-0.15, -0.1) is 0 Å². The second kappa shape index (κ2) is 5.16. The highest BCUT2D eigenvalue weighted by Crippen LogP contribution is 2.04. The molecule has 1 heterocycles. The molecule has 1 fully saturated rings. The summed E-state index contributed by atoms with van der Waals surface area (Å²) in [7, 11) is 0. The lowest BCUT2D eigenvalue weighted by atomic mass is 10.2. The third-order valence-corrected chi connectivity index (χ3v) is 2.16. The Morgan fingerprint density at radius 1 is 1.54 bits per heavy atom. The van der Waals surface area contributed by atoms with Crippen LogP contribution in [-0.4, -0.2) is 48.0 Å². The molecule has 0 aliphatic carbocycles. The van der Waals surface area contributed by atoms with Crippen molar-refractivity contribution in [3.05, 3.63) is 0 Å². The summed E-state index contributed by atoms with van der Waals surface area (Å²) in [5.74, 6) is -0.134. The summed E-state index contributed by atoms with van der Waals surface area (Å²) in [5.41, 5.74) is 0. The zero-order chi connectivity index (χ0) is 9.68. The van der Waals surface area contributed by atoms with E-state index in [2.05, 4.69) is 10.6 Å². The summed E-state index contributed by atoms with van der Waals surface area (Å²) in [5, 5.41) is 23.0. The lowest BCUT2D eigenvalue weighted by Gasteiger charge is -2.16. The number of aliphatic hydroxyl groups excluding tert-OH is 2. The van der Waals surface area contributed by atoms with Crippen molar-refractivity contribution in [2.45, 2.75) is 24.9 Å². The third kappa shape index (κ3) is 2.95. The Bertz CT molecular complexity index is 165. The molecular weight excluding hydrogens is 172 g/mol. The summed E-state index contributed by atoms with van der Waals surface area (Å²) >= 11 is 0. The number of amides is 1. The van der Waals surface area contributed by atoms with Crippen molar-refractivity contribution < 1.29 is 15.0 Å². The summed E-state index contributed by atoms with van der Waals surface area (Å²) < 4.78 is 0. The van der Waals surface area contributed by atoms with Crippen LogP contribution in [0.4, 0.5) is 0 Å². The average molecular weight is 188 g/mol. The highest BCUT2D eigenvalue weighted by Gasteiger charge is 2.23. The van der Waals surface area contributed by atoms with Crippen molar-refractivity contribution in [3.8, 4) is 0 Å². The van der Waals surface area contributed by atoms with Crippen LogP contribution in [0.2, 0.25) is 0 Å². The van der Waals surface area contributed by atoms with E-state index in [9.17, 15) is 4.79 Å². The molecule has 1 rings (SSSR count). The fourth-order valence-corrected chi connectivity index (χ4v) is 1.36. The summed E-state index contributed by atoms with van der Waals surface area (Å²) in [6.45, 7) is 0.408. The number of hydrogen-bond acceptors (Lipinski definition) is 4. The first-order chi connectivity index (χ1) is 6.27. The van der Waals surface area contributed by atoms with Crippen LogP contribution in [0.5, 0.6) is 0 Å². The normalized spacial score (nSPS) is 22.2. The molecule has 1 aliphatic rings. The lowest BCUT2D eigenvalue weighted by Crippen LogP contribution is -2.47. The van der Waals surface area contributed by atoms with E-state index in [1.807, 2.05) is 0 Å². The molecule has 13 heavy (non-hydrogen) atoms. The van der Waals surface area contributed by atoms with Crippen molar-refractivity contribution in [2.75, 3.05) is 19.8 Å². The molecule has 4 N–H and O–H groups in total. The number of carbonyl (C=O) groups is 1. The molecule has 0 saturated carbocycles. The van der Waals surface area contributed by atoms with Gasteiger partial charge in [0.1, 0.15) is 0 Å². The average Bonchev–Trinajstić information content (AvgIpc) is 2.66. The van der Waals surface area contributed by atoms with Crippen molar-refractivity contribution in [2.24, 2.45) is 0 Å². The van der Waals surface area contributed by atoms with E-state index in [0.29, 0.717) is 0 Å². The second-order valence-corrected chi connectivity index (χ2v) is 3.22. The van der Waals surface area contributed by atoms with Crippen molar-refractivity contribution >= 4 is 5.91 Å². The first-order valence-electron chi connectivity index (χ1n) is 4.53. The van der Waals surface area contributed by atoms with E-state index in [-0.39, 0.29) is 25.2 Å². The molecule has 0 radical (unpaired) electrons. The maximum atomic E-state index is 11.4. The molecule has 5 nitrogen and oxygen atoms in total. The molecule has 0 aromatic heterocycles. The van der Waals surface area contributed by atoms with E-state index in [1.54, 1.807) is 0 Å². The van der Waals surface area contributed by atoms with E-state index in [4.69, 9.17) is 10.2 Å². The Morgan fingerprint density at radius 3 is 2.69 bits per heavy atom. The highest BCUT2D eigenvalue weighted by atomic mass is 16.3. The standard InChI is InChI=1S/C8H16N2O3/c11-4-6(5-12)10-8(13)7-2-1-3-9-7/h6-7,9,11-12H,1-5H2,(H,10,13)/t7-/m0/s1. The van der Waals surface area contributed by atoms with Gasteiger partial charge in [-0.05, 0) is 19.4 Å². The number of rotatable bonds is 4. The van der Waals surface area contributed by atoms with Gasteiger partial charge in [-0.1, -0.05) is 0 Å². The predicted octanol–water partition coefficient (Wildman–Crippen LogP) is -1.79. The van der Waals surface area contributed by atoms with E-state index >= 15 is 0 Å². The van der Waals surface area contributed by atoms with Crippen LogP contribution in [0, 0.1) is 0 Å². The van der Waals surface area contributed by atoms with Gasteiger partial charge in [0.15, 0.2) is 0 Å². The smallest absolute Gasteiger partial charge is 0.237 e. The maximum absolute atomic E-state index is 11.4. The minimum Gasteiger partial charge on any atom is -0.394 e. The molecule has 0 bridgehead atoms. The lowest BCUT2D eigenvalue weighted by molar-refractivity contribution is -0.124. The van der Waals surface area contributed by atoms with Crippen molar-refractivity contribution in [3.63, 3.8) is 0 Å². The molecule has 0 aromatic rings. The minimum absolute atomic E-state index is 0.134. The van der Waals surface area contributed by atoms with Gasteiger partial charge in [0.25, 0.3) is 0 Å². The number of hydrogen-bond donors (Lipinski definition) is 4. The van der Waals surface area contributed by atoms with Crippen molar-refractivity contribution in [1.29, 1.82) is 0 Å². The van der Waals surface area contributed by atoms with Gasteiger partial charge in [0.2, 0.25) is 5.91 Å². The number of nitrogens with one attached hydrogen (secondary N) is 2. The fourth-order valence-electron chi connectivity index (χ4n) is 1.36. The van der Waals surface area contributed by atoms with Gasteiger partial charge in [-0.25, -0.2) is 0 Å². The van der Waals surface area contributed by atoms with Gasteiger partial charge in [-0.2, -0.15) is 0 Å². The van der Waals surface area contributed by atoms with Crippen LogP contribution in [-0.2, 0) is 4.79 Å². The minimum atomic E-state index is -0.533. The molecule has 1 saturated heterocycles. The molecule has 5 heteroatoms. The molecule has 0 unspecified atom stereocenters. The van der Waals surface area contributed by atoms with Gasteiger partial charge >= 0.3 is 0 Å². The fraction of sp³-hybridized carbons (Fsp3) is 0.875. The molecule has 76 valence electrons. The molecular formula is C8H16N2O3. The zero-order valence-electron chi connectivity index (χ0n) is 7.49. The van der Waals surface area contributed by atoms with E-state index in [1.165, 1.54) is 0 Å². The molecule has 0 spiro atoms. The van der Waals surface area contributed by atoms with Gasteiger partial charge in [0.05, 0.1) is 25.3 Å². The van der Waals surface area contributed by atoms with E-state index < -0.39 is 6.04 Å². The quantitative estimate of drug-likeness (QED) is 0.420. The predicted molar refractivity (Wildman–Crippen MR) is 47.1 cm³/mol. The van der Waals surface area contributed by atoms with Crippen LogP contribution >= 0.6 is 0 Å². The van der Waals surface area contributed by atoms with Crippen molar-refractivity contribution in [1.82, 2.24) is 10.6 Å². The molecule has 1 amide bonds. The van der Waals surface area contributed by atoms with Gasteiger partial charge < -0.3 is 20.8 Å². The summed E-state index contributed by atoms with van der Waals surface area (Å²) in [6, 6.07) is -0.685. The summed E-state index contributed by atoms with van der Waals surface area (Å²) in [6.07, 6.45) is 1.83. The first-order valence-corrected chi connectivity index (χ1v) is 4.53. The largest absolute Gasteiger partial charge is 0.394 e. The van der Waals surface area contributed by atoms with Gasteiger partial charge in [0, 0.05) is 0 Å². The molecule has 1 aliphatic heterocycles. The molecule has 0 aromatic carbocycles. The first kappa shape index (κ1) is 10.4. The van der Waals surface area contributed by atoms with Crippen LogP contribution in [0.15, 0.2) is 0 Å². The summed E-state index contributed by atoms with van der Waals surface area (Å²) in [4.78, 5) is 11.4. The Kier molecular flexibility index (Phi) is 4.14. The second-order valence-electron chi connectivity index (χ2n) is 3.22. The van der Waals surface area contributed by atoms with Crippen LogP contribution in [0.25, 0.3) is 0 Å². The van der Waals surface area contributed by atoms with Gasteiger partial charge in [-0.3, -0.25) is 4.79 Å². The third-order valence-electron chi connectivity index (χ3n) is 2.16. The number of aliphatic hydroxyl groups is 2. The SMILES string of the molecule is O=C(NC(CO)CO)[C@@H]1CCCN1. The molecule has 1 atom stereocenters. The van der Waals surface area contributed by atoms with E-state index in [0.717, 1.165) is 19.4 Å². The van der Waals surface area contributed by atoms with Crippen LogP contribution in [0.1, 0.15) is 12.8 Å². The Morgan fingerprint density at radius 2 is 2.23 bits per heavy atom. The highest BCUT2D eigenvalue weighted by molar-refractivity contribution is 5.82. The Labute approximate surface area is 77.1 Å². The monoisotopic (exact) mass is 188 g/mol. The Hall–Kier alpha value is -0.650. The maximum Gasteiger partial charge on any atom is 0.237 e. The topological polar surface area (TPSA) is 81.6 Å².